The molecular weight excluding hydrogens is 348 g/mol. The van der Waals surface area contributed by atoms with Crippen molar-refractivity contribution in [3.63, 3.8) is 0 Å². The van der Waals surface area contributed by atoms with Gasteiger partial charge in [-0.2, -0.15) is 0 Å². The van der Waals surface area contributed by atoms with Gasteiger partial charge in [0.25, 0.3) is 0 Å². The zero-order valence-corrected chi connectivity index (χ0v) is 16.6. The van der Waals surface area contributed by atoms with E-state index in [9.17, 15) is 5.11 Å². The number of hydrogen-bond donors (Lipinski definition) is 1. The Hall–Kier alpha value is -2.43. The van der Waals surface area contributed by atoms with Gasteiger partial charge in [0.15, 0.2) is 0 Å². The highest BCUT2D eigenvalue weighted by atomic mass is 16.5. The summed E-state index contributed by atoms with van der Waals surface area (Å²) in [5.41, 5.74) is 3.51. The monoisotopic (exact) mass is 376 g/mol. The molecule has 0 saturated carbocycles. The third-order valence-electron chi connectivity index (χ3n) is 5.38. The van der Waals surface area contributed by atoms with Crippen LogP contribution in [0.1, 0.15) is 25.0 Å². The first-order chi connectivity index (χ1) is 13.6. The fourth-order valence-electron chi connectivity index (χ4n) is 4.13. The summed E-state index contributed by atoms with van der Waals surface area (Å²) >= 11 is 0. The number of rotatable bonds is 6. The summed E-state index contributed by atoms with van der Waals surface area (Å²) < 4.78 is 5.81. The van der Waals surface area contributed by atoms with Crippen LogP contribution in [0.25, 0.3) is 10.9 Å². The van der Waals surface area contributed by atoms with Crippen LogP contribution in [0.5, 0.6) is 5.75 Å². The Balaban J connectivity index is 1.43. The molecule has 0 radical (unpaired) electrons. The molecule has 28 heavy (non-hydrogen) atoms. The molecule has 2 heterocycles. The van der Waals surface area contributed by atoms with Gasteiger partial charge in [0, 0.05) is 37.1 Å². The number of para-hydroxylation sites is 1. The van der Waals surface area contributed by atoms with E-state index in [4.69, 9.17) is 4.74 Å². The lowest BCUT2D eigenvalue weighted by atomic mass is 9.94. The summed E-state index contributed by atoms with van der Waals surface area (Å²) in [7, 11) is 0. The molecule has 1 fully saturated rings. The molecule has 0 aliphatic carbocycles. The van der Waals surface area contributed by atoms with E-state index >= 15 is 0 Å². The second kappa shape index (κ2) is 8.29. The van der Waals surface area contributed by atoms with Crippen molar-refractivity contribution in [1.82, 2.24) is 9.88 Å². The predicted octanol–water partition coefficient (Wildman–Crippen LogP) is 4.06. The lowest BCUT2D eigenvalue weighted by Gasteiger charge is -2.17. The summed E-state index contributed by atoms with van der Waals surface area (Å²) in [4.78, 5) is 6.79. The number of hydrogen-bond acceptors (Lipinski definition) is 4. The number of benzene rings is 2. The van der Waals surface area contributed by atoms with E-state index in [0.29, 0.717) is 6.54 Å². The second-order valence-electron chi connectivity index (χ2n) is 8.03. The Morgan fingerprint density at radius 3 is 2.82 bits per heavy atom. The number of aromatic nitrogens is 1. The molecule has 0 bridgehead atoms. The Bertz CT molecular complexity index is 935. The van der Waals surface area contributed by atoms with Crippen LogP contribution in [0, 0.1) is 5.92 Å². The predicted molar refractivity (Wildman–Crippen MR) is 112 cm³/mol. The molecule has 2 aromatic carbocycles. The first-order valence-electron chi connectivity index (χ1n) is 10.1. The maximum absolute atomic E-state index is 10.7. The zero-order chi connectivity index (χ0) is 19.5. The lowest BCUT2D eigenvalue weighted by molar-refractivity contribution is 0.141. The van der Waals surface area contributed by atoms with Crippen LogP contribution in [-0.2, 0) is 13.0 Å². The summed E-state index contributed by atoms with van der Waals surface area (Å²) in [6.07, 6.45) is 2.61. The van der Waals surface area contributed by atoms with E-state index in [-0.39, 0.29) is 18.1 Å². The topological polar surface area (TPSA) is 45.6 Å². The number of likely N-dealkylation sites (tertiary alicyclic amines) is 1. The summed E-state index contributed by atoms with van der Waals surface area (Å²) in [5.74, 6) is 1.15. The van der Waals surface area contributed by atoms with Gasteiger partial charge in [-0.1, -0.05) is 30.3 Å². The summed E-state index contributed by atoms with van der Waals surface area (Å²) in [6.45, 7) is 6.52. The molecule has 0 unspecified atom stereocenters. The molecule has 4 rings (SSSR count). The van der Waals surface area contributed by atoms with Gasteiger partial charge in [-0.25, -0.2) is 0 Å². The van der Waals surface area contributed by atoms with Gasteiger partial charge < -0.3 is 9.84 Å². The Morgan fingerprint density at radius 1 is 1.11 bits per heavy atom. The molecule has 0 amide bonds. The minimum absolute atomic E-state index is 0.170. The first-order valence-corrected chi connectivity index (χ1v) is 10.1. The van der Waals surface area contributed by atoms with E-state index in [1.165, 1.54) is 16.5 Å². The number of fused-ring (bicyclic) bond motifs is 1. The van der Waals surface area contributed by atoms with E-state index in [1.54, 1.807) is 0 Å². The third kappa shape index (κ3) is 4.34. The highest BCUT2D eigenvalue weighted by Crippen LogP contribution is 2.27. The van der Waals surface area contributed by atoms with Crippen LogP contribution >= 0.6 is 0 Å². The van der Waals surface area contributed by atoms with Crippen molar-refractivity contribution < 1.29 is 9.84 Å². The molecule has 1 N–H and O–H groups in total. The number of aliphatic hydroxyl groups excluding tert-OH is 1. The molecule has 1 aliphatic rings. The summed E-state index contributed by atoms with van der Waals surface area (Å²) in [5, 5.41) is 11.9. The van der Waals surface area contributed by atoms with Crippen LogP contribution in [0.15, 0.2) is 60.8 Å². The Labute approximate surface area is 166 Å². The van der Waals surface area contributed by atoms with Crippen molar-refractivity contribution in [2.75, 3.05) is 13.1 Å². The van der Waals surface area contributed by atoms with E-state index in [0.717, 1.165) is 30.8 Å². The van der Waals surface area contributed by atoms with Gasteiger partial charge in [0.05, 0.1) is 17.7 Å². The molecule has 1 aliphatic heterocycles. The van der Waals surface area contributed by atoms with E-state index in [2.05, 4.69) is 40.2 Å². The molecule has 146 valence electrons. The largest absolute Gasteiger partial charge is 0.491 e. The van der Waals surface area contributed by atoms with Gasteiger partial charge in [-0.15, -0.1) is 0 Å². The minimum Gasteiger partial charge on any atom is -0.491 e. The molecule has 1 aromatic heterocycles. The smallest absolute Gasteiger partial charge is 0.120 e. The fraction of sp³-hybridized carbons (Fsp3) is 0.375. The van der Waals surface area contributed by atoms with Gasteiger partial charge in [-0.3, -0.25) is 9.88 Å². The SMILES string of the molecule is CC(C)Oc1cccc(CN2C[C@@H](Cc3ccnc4ccccc34)[C@@H](O)C2)c1. The van der Waals surface area contributed by atoms with E-state index in [1.807, 2.05) is 44.3 Å². The molecule has 0 spiro atoms. The van der Waals surface area contributed by atoms with Crippen LogP contribution < -0.4 is 4.74 Å². The first kappa shape index (κ1) is 18.9. The minimum atomic E-state index is -0.304. The maximum Gasteiger partial charge on any atom is 0.120 e. The van der Waals surface area contributed by atoms with Gasteiger partial charge in [0.1, 0.15) is 5.75 Å². The maximum atomic E-state index is 10.7. The molecule has 1 saturated heterocycles. The number of nitrogens with zero attached hydrogens (tertiary/aromatic N) is 2. The highest BCUT2D eigenvalue weighted by Gasteiger charge is 2.31. The molecule has 4 nitrogen and oxygen atoms in total. The van der Waals surface area contributed by atoms with Crippen molar-refractivity contribution >= 4 is 10.9 Å². The lowest BCUT2D eigenvalue weighted by Crippen LogP contribution is -2.21. The van der Waals surface area contributed by atoms with E-state index < -0.39 is 0 Å². The quantitative estimate of drug-likeness (QED) is 0.705. The van der Waals surface area contributed by atoms with Crippen LogP contribution in [0.4, 0.5) is 0 Å². The Kier molecular flexibility index (Phi) is 5.60. The van der Waals surface area contributed by atoms with Crippen LogP contribution in [0.2, 0.25) is 0 Å². The molecule has 4 heteroatoms. The Morgan fingerprint density at radius 2 is 1.96 bits per heavy atom. The average molecular weight is 377 g/mol. The number of ether oxygens (including phenoxy) is 1. The van der Waals surface area contributed by atoms with Gasteiger partial charge in [0.2, 0.25) is 0 Å². The van der Waals surface area contributed by atoms with Gasteiger partial charge in [-0.05, 0) is 55.7 Å². The molecule has 2 atom stereocenters. The van der Waals surface area contributed by atoms with Crippen molar-refractivity contribution in [1.29, 1.82) is 0 Å². The summed E-state index contributed by atoms with van der Waals surface area (Å²) in [6, 6.07) is 18.6. The van der Waals surface area contributed by atoms with Crippen molar-refractivity contribution in [3.05, 3.63) is 71.9 Å². The third-order valence-corrected chi connectivity index (χ3v) is 5.38. The number of aliphatic hydroxyl groups is 1. The molecular formula is C24H28N2O2. The van der Waals surface area contributed by atoms with Crippen LogP contribution in [-0.4, -0.2) is 40.3 Å². The van der Waals surface area contributed by atoms with Crippen molar-refractivity contribution in [3.8, 4) is 5.75 Å². The number of pyridine rings is 1. The fourth-order valence-corrected chi connectivity index (χ4v) is 4.13. The average Bonchev–Trinajstić information content (AvgIpc) is 3.00. The second-order valence-corrected chi connectivity index (χ2v) is 8.03. The highest BCUT2D eigenvalue weighted by molar-refractivity contribution is 5.81. The van der Waals surface area contributed by atoms with Crippen LogP contribution in [0.3, 0.4) is 0 Å². The zero-order valence-electron chi connectivity index (χ0n) is 16.6. The number of β-amino-alcohol motifs (C(OH)–C–C–N with tert-alkyl or cyclic N) is 1. The van der Waals surface area contributed by atoms with Crippen molar-refractivity contribution in [2.45, 2.75) is 39.0 Å². The standard InChI is InChI=1S/C24H28N2O2/c1-17(2)28-21-7-5-6-18(12-21)14-26-15-20(24(27)16-26)13-19-10-11-25-23-9-4-3-8-22(19)23/h3-12,17,20,24,27H,13-16H2,1-2H3/t20-,24+/m1/s1. The normalized spacial score (nSPS) is 20.1. The molecule has 3 aromatic rings. The van der Waals surface area contributed by atoms with Crippen molar-refractivity contribution in [2.24, 2.45) is 5.92 Å². The van der Waals surface area contributed by atoms with Gasteiger partial charge >= 0.3 is 0 Å².